The third kappa shape index (κ3) is 31.2. The Morgan fingerprint density at radius 3 is 1.68 bits per heavy atom. The second-order valence-electron chi connectivity index (χ2n) is 14.9. The number of carbonyl (C=O) groups excluding carboxylic acids is 1. The molecule has 60 heavy (non-hydrogen) atoms. The molecule has 13 heteroatoms. The first-order valence-corrected chi connectivity index (χ1v) is 23.7. The van der Waals surface area contributed by atoms with Crippen LogP contribution in [0.5, 0.6) is 0 Å². The van der Waals surface area contributed by atoms with E-state index < -0.39 is 59.8 Å². The molecule has 0 aromatic rings. The van der Waals surface area contributed by atoms with Gasteiger partial charge in [0, 0.05) is 13.0 Å². The predicted octanol–water partition coefficient (Wildman–Crippen LogP) is 9.29. The van der Waals surface area contributed by atoms with E-state index in [2.05, 4.69) is 90.9 Å². The Labute approximate surface area is 362 Å². The highest BCUT2D eigenvalue weighted by Gasteiger charge is 2.48. The van der Waals surface area contributed by atoms with Gasteiger partial charge in [0.1, 0.15) is 30.5 Å². The van der Waals surface area contributed by atoms with Crippen LogP contribution in [0.4, 0.5) is 0 Å². The molecular weight excluding hydrogens is 789 g/mol. The average Bonchev–Trinajstić information content (AvgIpc) is 3.22. The van der Waals surface area contributed by atoms with Gasteiger partial charge in [-0.1, -0.05) is 144 Å². The molecule has 0 bridgehead atoms. The Hall–Kier alpha value is -2.72. The number of unbranched alkanes of at least 4 members (excludes halogenated alkanes) is 10. The quantitative estimate of drug-likeness (QED) is 0.0202. The van der Waals surface area contributed by atoms with Crippen LogP contribution in [0.3, 0.4) is 0 Å². The molecule has 1 fully saturated rings. The van der Waals surface area contributed by atoms with Crippen LogP contribution >= 0.6 is 0 Å². The first kappa shape index (κ1) is 55.3. The summed E-state index contributed by atoms with van der Waals surface area (Å²) >= 11 is 0. The monoisotopic (exact) mass is 867 g/mol. The Morgan fingerprint density at radius 1 is 0.650 bits per heavy atom. The number of aliphatic hydroxyl groups excluding tert-OH is 3. The molecule has 0 aliphatic carbocycles. The summed E-state index contributed by atoms with van der Waals surface area (Å²) < 4.78 is 58.9. The third-order valence-electron chi connectivity index (χ3n) is 9.51. The zero-order valence-electron chi connectivity index (χ0n) is 36.5. The highest BCUT2D eigenvalue weighted by atomic mass is 32.3. The number of carbonyl (C=O) groups is 1. The lowest BCUT2D eigenvalue weighted by molar-refractivity contribution is -0.301. The predicted molar refractivity (Wildman–Crippen MR) is 239 cm³/mol. The van der Waals surface area contributed by atoms with Crippen LogP contribution in [-0.2, 0) is 38.3 Å². The second kappa shape index (κ2) is 38.0. The van der Waals surface area contributed by atoms with Crippen molar-refractivity contribution in [2.75, 3.05) is 26.4 Å². The van der Waals surface area contributed by atoms with Crippen molar-refractivity contribution >= 4 is 16.4 Å². The summed E-state index contributed by atoms with van der Waals surface area (Å²) in [5.74, 6) is -0.486. The lowest BCUT2D eigenvalue weighted by Gasteiger charge is -2.41. The zero-order chi connectivity index (χ0) is 43.9. The molecule has 4 N–H and O–H groups in total. The summed E-state index contributed by atoms with van der Waals surface area (Å²) in [7, 11) is -5.08. The topological polar surface area (TPSA) is 178 Å². The molecule has 6 atom stereocenters. The Morgan fingerprint density at radius 2 is 1.15 bits per heavy atom. The van der Waals surface area contributed by atoms with Crippen LogP contribution in [-0.4, -0.2) is 97.5 Å². The molecule has 1 rings (SSSR count). The standard InChI is InChI=1S/C47H78O12S/c1-3-5-7-9-11-13-15-17-18-19-20-21-22-23-25-27-29-31-33-35-37-55-39-41(40-56-47-45(51)46(59-60(52,53)54)44(50)42(38-48)58-47)57-43(49)36-34-32-30-28-26-24-16-14-12-10-8-6-4-2/h6,8,11-14,17-18,20-21,24,26,30,32,41-42,44-48,50-51H,3-5,7,9-10,15-16,19,22-23,25,27-29,31,33-40H2,1-2H3,(H,52,53,54)/b8-6-,13-11-,14-12-,18-17-,21-20-,26-24-,32-30-. The number of allylic oxidation sites excluding steroid dienone is 14. The molecule has 0 saturated carbocycles. The van der Waals surface area contributed by atoms with Crippen molar-refractivity contribution in [2.24, 2.45) is 0 Å². The van der Waals surface area contributed by atoms with E-state index in [0.29, 0.717) is 13.0 Å². The highest BCUT2D eigenvalue weighted by Crippen LogP contribution is 2.26. The molecular formula is C47H78O12S. The van der Waals surface area contributed by atoms with E-state index in [9.17, 15) is 28.5 Å². The van der Waals surface area contributed by atoms with Gasteiger partial charge in [0.2, 0.25) is 0 Å². The zero-order valence-corrected chi connectivity index (χ0v) is 37.3. The summed E-state index contributed by atoms with van der Waals surface area (Å²) in [6.07, 6.45) is 40.6. The Kier molecular flexibility index (Phi) is 35.0. The molecule has 344 valence electrons. The number of hydrogen-bond donors (Lipinski definition) is 4. The minimum atomic E-state index is -5.08. The summed E-state index contributed by atoms with van der Waals surface area (Å²) in [4.78, 5) is 12.8. The van der Waals surface area contributed by atoms with Gasteiger partial charge in [-0.25, -0.2) is 4.18 Å². The van der Waals surface area contributed by atoms with E-state index in [1.165, 1.54) is 44.9 Å². The second-order valence-corrected chi connectivity index (χ2v) is 15.9. The van der Waals surface area contributed by atoms with Crippen molar-refractivity contribution in [3.8, 4) is 0 Å². The normalized spacial score (nSPS) is 21.1. The van der Waals surface area contributed by atoms with Crippen molar-refractivity contribution in [1.29, 1.82) is 0 Å². The molecule has 1 saturated heterocycles. The minimum Gasteiger partial charge on any atom is -0.457 e. The van der Waals surface area contributed by atoms with Gasteiger partial charge >= 0.3 is 16.4 Å². The van der Waals surface area contributed by atoms with Gasteiger partial charge in [-0.05, 0) is 77.0 Å². The fraction of sp³-hybridized carbons (Fsp3) is 0.681. The molecule has 12 nitrogen and oxygen atoms in total. The van der Waals surface area contributed by atoms with Crippen LogP contribution in [0.15, 0.2) is 85.1 Å². The number of hydrogen-bond acceptors (Lipinski definition) is 11. The SMILES string of the molecule is CC/C=C\C/C=C\C/C=C\C/C=C\CCC(=O)OC(COCCCCCCCCC/C=C\C/C=C\C/C=C\CCCCC)COC1OC(CO)C(O)C(OS(=O)(=O)O)C1O. The van der Waals surface area contributed by atoms with Crippen molar-refractivity contribution in [3.63, 3.8) is 0 Å². The summed E-state index contributed by atoms with van der Waals surface area (Å²) in [5, 5.41) is 30.6. The van der Waals surface area contributed by atoms with Crippen LogP contribution in [0, 0.1) is 0 Å². The molecule has 1 aliphatic rings. The van der Waals surface area contributed by atoms with E-state index in [-0.39, 0.29) is 19.6 Å². The number of rotatable bonds is 37. The van der Waals surface area contributed by atoms with E-state index >= 15 is 0 Å². The Bertz CT molecular complexity index is 1370. The summed E-state index contributed by atoms with van der Waals surface area (Å²) in [5.41, 5.74) is 0. The van der Waals surface area contributed by atoms with Gasteiger partial charge < -0.3 is 34.3 Å². The number of ether oxygens (including phenoxy) is 4. The van der Waals surface area contributed by atoms with Gasteiger partial charge in [0.05, 0.1) is 19.8 Å². The summed E-state index contributed by atoms with van der Waals surface area (Å²) in [6, 6.07) is 0. The molecule has 6 unspecified atom stereocenters. The number of aliphatic hydroxyl groups is 3. The van der Waals surface area contributed by atoms with Crippen molar-refractivity contribution < 1.29 is 56.2 Å². The number of esters is 1. The first-order chi connectivity index (χ1) is 29.1. The molecule has 0 spiro atoms. The van der Waals surface area contributed by atoms with Crippen molar-refractivity contribution in [3.05, 3.63) is 85.1 Å². The Balaban J connectivity index is 2.47. The van der Waals surface area contributed by atoms with Gasteiger partial charge in [0.15, 0.2) is 6.29 Å². The van der Waals surface area contributed by atoms with Crippen molar-refractivity contribution in [1.82, 2.24) is 0 Å². The summed E-state index contributed by atoms with van der Waals surface area (Å²) in [6.45, 7) is 3.70. The lowest BCUT2D eigenvalue weighted by atomic mass is 9.99. The van der Waals surface area contributed by atoms with Gasteiger partial charge in [-0.3, -0.25) is 9.35 Å². The minimum absolute atomic E-state index is 0.00495. The van der Waals surface area contributed by atoms with Crippen LogP contribution < -0.4 is 0 Å². The van der Waals surface area contributed by atoms with Gasteiger partial charge in [-0.2, -0.15) is 8.42 Å². The average molecular weight is 867 g/mol. The van der Waals surface area contributed by atoms with Crippen LogP contribution in [0.2, 0.25) is 0 Å². The maximum Gasteiger partial charge on any atom is 0.397 e. The van der Waals surface area contributed by atoms with E-state index in [0.717, 1.165) is 70.6 Å². The van der Waals surface area contributed by atoms with E-state index in [4.69, 9.17) is 23.5 Å². The van der Waals surface area contributed by atoms with Crippen LogP contribution in [0.1, 0.15) is 142 Å². The first-order valence-electron chi connectivity index (χ1n) is 22.3. The maximum absolute atomic E-state index is 12.8. The molecule has 0 radical (unpaired) electrons. The van der Waals surface area contributed by atoms with Crippen molar-refractivity contribution in [2.45, 2.75) is 179 Å². The lowest BCUT2D eigenvalue weighted by Crippen LogP contribution is -2.60. The van der Waals surface area contributed by atoms with E-state index in [1.54, 1.807) is 0 Å². The largest absolute Gasteiger partial charge is 0.457 e. The fourth-order valence-electron chi connectivity index (χ4n) is 6.16. The smallest absolute Gasteiger partial charge is 0.397 e. The highest BCUT2D eigenvalue weighted by molar-refractivity contribution is 7.80. The maximum atomic E-state index is 12.8. The van der Waals surface area contributed by atoms with E-state index in [1.807, 2.05) is 12.2 Å². The van der Waals surface area contributed by atoms with Crippen LogP contribution in [0.25, 0.3) is 0 Å². The molecule has 0 aromatic carbocycles. The van der Waals surface area contributed by atoms with Gasteiger partial charge in [0.25, 0.3) is 0 Å². The van der Waals surface area contributed by atoms with Gasteiger partial charge in [-0.15, -0.1) is 0 Å². The fourth-order valence-corrected chi connectivity index (χ4v) is 6.67. The molecule has 0 amide bonds. The molecule has 1 aliphatic heterocycles. The third-order valence-corrected chi connectivity index (χ3v) is 9.98. The molecule has 1 heterocycles. The molecule has 0 aromatic heterocycles.